The molecule has 0 atom stereocenters. The van der Waals surface area contributed by atoms with Gasteiger partial charge in [-0.15, -0.1) is 12.6 Å². The highest BCUT2D eigenvalue weighted by molar-refractivity contribution is 7.80. The molecule has 1 aromatic heterocycles. The van der Waals surface area contributed by atoms with Gasteiger partial charge in [0.05, 0.1) is 4.92 Å². The minimum atomic E-state index is -0.519. The van der Waals surface area contributed by atoms with Gasteiger partial charge in [0.15, 0.2) is 5.03 Å². The maximum absolute atomic E-state index is 10.1. The third kappa shape index (κ3) is 1.24. The highest BCUT2D eigenvalue weighted by Gasteiger charge is 2.08. The van der Waals surface area contributed by atoms with Gasteiger partial charge >= 0.3 is 5.69 Å². The second-order valence-electron chi connectivity index (χ2n) is 1.60. The molecule has 1 aromatic rings. The van der Waals surface area contributed by atoms with Gasteiger partial charge in [-0.1, -0.05) is 0 Å². The van der Waals surface area contributed by atoms with E-state index >= 15 is 0 Å². The fraction of sp³-hybridized carbons (Fsp3) is 0. The van der Waals surface area contributed by atoms with E-state index in [9.17, 15) is 10.1 Å². The molecule has 0 aliphatic rings. The molecule has 52 valence electrons. The van der Waals surface area contributed by atoms with Crippen LogP contribution >= 0.6 is 12.6 Å². The van der Waals surface area contributed by atoms with Gasteiger partial charge in [-0.3, -0.25) is 10.1 Å². The van der Waals surface area contributed by atoms with Crippen LogP contribution < -0.4 is 0 Å². The maximum atomic E-state index is 10.1. The average molecular weight is 156 g/mol. The molecule has 1 heterocycles. The Labute approximate surface area is 62.5 Å². The smallest absolute Gasteiger partial charge is 0.258 e. The fourth-order valence-corrected chi connectivity index (χ4v) is 0.754. The fourth-order valence-electron chi connectivity index (χ4n) is 0.531. The van der Waals surface area contributed by atoms with Gasteiger partial charge in [0.25, 0.3) is 0 Å². The molecule has 10 heavy (non-hydrogen) atoms. The minimum absolute atomic E-state index is 0.0640. The Morgan fingerprint density at radius 3 is 2.80 bits per heavy atom. The number of nitrogens with zero attached hydrogens (tertiary/aromatic N) is 2. The number of pyridine rings is 1. The molecular weight excluding hydrogens is 152 g/mol. The van der Waals surface area contributed by atoms with Crippen LogP contribution in [0, 0.1) is 10.1 Å². The molecule has 0 spiro atoms. The molecule has 0 fully saturated rings. The van der Waals surface area contributed by atoms with Crippen molar-refractivity contribution in [3.8, 4) is 0 Å². The van der Waals surface area contributed by atoms with Crippen LogP contribution in [0.2, 0.25) is 0 Å². The summed E-state index contributed by atoms with van der Waals surface area (Å²) in [6.07, 6.45) is 1.45. The molecule has 0 amide bonds. The van der Waals surface area contributed by atoms with Gasteiger partial charge in [0.2, 0.25) is 0 Å². The third-order valence-electron chi connectivity index (χ3n) is 0.963. The van der Waals surface area contributed by atoms with Crippen molar-refractivity contribution in [2.24, 2.45) is 0 Å². The summed E-state index contributed by atoms with van der Waals surface area (Å²) in [5, 5.41) is 10.3. The lowest BCUT2D eigenvalue weighted by Gasteiger charge is -1.90. The van der Waals surface area contributed by atoms with E-state index in [-0.39, 0.29) is 10.7 Å². The van der Waals surface area contributed by atoms with Crippen LogP contribution in [0.1, 0.15) is 0 Å². The van der Waals surface area contributed by atoms with Crippen LogP contribution in [-0.4, -0.2) is 9.91 Å². The first kappa shape index (κ1) is 7.01. The van der Waals surface area contributed by atoms with Crippen molar-refractivity contribution >= 4 is 18.3 Å². The molecule has 4 nitrogen and oxygen atoms in total. The van der Waals surface area contributed by atoms with E-state index in [2.05, 4.69) is 17.6 Å². The molecular formula is C5H4N2O2S. The zero-order valence-electron chi connectivity index (χ0n) is 4.89. The van der Waals surface area contributed by atoms with Crippen molar-refractivity contribution in [1.82, 2.24) is 4.98 Å². The third-order valence-corrected chi connectivity index (χ3v) is 1.31. The van der Waals surface area contributed by atoms with Crippen molar-refractivity contribution in [3.63, 3.8) is 0 Å². The van der Waals surface area contributed by atoms with Crippen molar-refractivity contribution in [2.45, 2.75) is 5.03 Å². The van der Waals surface area contributed by atoms with Gasteiger partial charge in [-0.25, -0.2) is 4.98 Å². The summed E-state index contributed by atoms with van der Waals surface area (Å²) in [5.74, 6) is 0. The highest BCUT2D eigenvalue weighted by atomic mass is 32.1. The number of hydrogen-bond donors (Lipinski definition) is 1. The Morgan fingerprint density at radius 1 is 1.70 bits per heavy atom. The average Bonchev–Trinajstić information content (AvgIpc) is 1.88. The molecule has 0 saturated heterocycles. The van der Waals surface area contributed by atoms with Crippen LogP contribution in [0.5, 0.6) is 0 Å². The SMILES string of the molecule is O=[N+]([O-])c1cccnc1S. The molecule has 0 N–H and O–H groups in total. The Kier molecular flexibility index (Phi) is 1.86. The molecule has 0 saturated carbocycles. The lowest BCUT2D eigenvalue weighted by atomic mass is 10.4. The normalized spacial score (nSPS) is 9.30. The van der Waals surface area contributed by atoms with E-state index < -0.39 is 4.92 Å². The second kappa shape index (κ2) is 2.66. The topological polar surface area (TPSA) is 56.0 Å². The van der Waals surface area contributed by atoms with Crippen LogP contribution in [0.4, 0.5) is 5.69 Å². The summed E-state index contributed by atoms with van der Waals surface area (Å²) >= 11 is 3.78. The minimum Gasteiger partial charge on any atom is -0.258 e. The lowest BCUT2D eigenvalue weighted by Crippen LogP contribution is -1.90. The zero-order chi connectivity index (χ0) is 7.56. The largest absolute Gasteiger partial charge is 0.301 e. The first-order valence-electron chi connectivity index (χ1n) is 2.50. The number of thiol groups is 1. The quantitative estimate of drug-likeness (QED) is 0.378. The van der Waals surface area contributed by atoms with Crippen molar-refractivity contribution in [2.75, 3.05) is 0 Å². The Balaban J connectivity index is 3.15. The summed E-state index contributed by atoms with van der Waals surface area (Å²) in [4.78, 5) is 13.2. The molecule has 5 heteroatoms. The first-order chi connectivity index (χ1) is 4.72. The lowest BCUT2D eigenvalue weighted by molar-refractivity contribution is -0.388. The molecule has 0 aromatic carbocycles. The summed E-state index contributed by atoms with van der Waals surface area (Å²) in [5.41, 5.74) is -0.0640. The summed E-state index contributed by atoms with van der Waals surface area (Å²) < 4.78 is 0. The van der Waals surface area contributed by atoms with Crippen molar-refractivity contribution in [1.29, 1.82) is 0 Å². The number of aromatic nitrogens is 1. The second-order valence-corrected chi connectivity index (χ2v) is 2.03. The molecule has 0 unspecified atom stereocenters. The molecule has 0 bridgehead atoms. The van der Waals surface area contributed by atoms with E-state index in [1.165, 1.54) is 18.3 Å². The number of hydrogen-bond acceptors (Lipinski definition) is 4. The standard InChI is InChI=1S/C5H4N2O2S/c8-7(9)4-2-1-3-6-5(4)10/h1-3H,(H,6,10). The first-order valence-corrected chi connectivity index (χ1v) is 2.95. The van der Waals surface area contributed by atoms with Crippen LogP contribution in [0.3, 0.4) is 0 Å². The van der Waals surface area contributed by atoms with Gasteiger partial charge in [-0.05, 0) is 6.07 Å². The highest BCUT2D eigenvalue weighted by Crippen LogP contribution is 2.17. The maximum Gasteiger partial charge on any atom is 0.301 e. The van der Waals surface area contributed by atoms with Gasteiger partial charge in [0, 0.05) is 12.3 Å². The van der Waals surface area contributed by atoms with Gasteiger partial charge in [-0.2, -0.15) is 0 Å². The summed E-state index contributed by atoms with van der Waals surface area (Å²) in [6.45, 7) is 0. The van der Waals surface area contributed by atoms with Crippen molar-refractivity contribution in [3.05, 3.63) is 28.4 Å². The summed E-state index contributed by atoms with van der Waals surface area (Å²) in [7, 11) is 0. The van der Waals surface area contributed by atoms with Crippen LogP contribution in [0.25, 0.3) is 0 Å². The van der Waals surface area contributed by atoms with E-state index in [0.29, 0.717) is 0 Å². The Morgan fingerprint density at radius 2 is 2.40 bits per heavy atom. The predicted octanol–water partition coefficient (Wildman–Crippen LogP) is 1.28. The Bertz CT molecular complexity index is 264. The monoisotopic (exact) mass is 156 g/mol. The predicted molar refractivity (Wildman–Crippen MR) is 38.1 cm³/mol. The Hall–Kier alpha value is -1.10. The van der Waals surface area contributed by atoms with Gasteiger partial charge in [0.1, 0.15) is 0 Å². The van der Waals surface area contributed by atoms with E-state index in [1.54, 1.807) is 0 Å². The van der Waals surface area contributed by atoms with E-state index in [0.717, 1.165) is 0 Å². The van der Waals surface area contributed by atoms with E-state index in [1.807, 2.05) is 0 Å². The molecule has 0 aliphatic carbocycles. The van der Waals surface area contributed by atoms with Crippen LogP contribution in [0.15, 0.2) is 23.4 Å². The molecule has 0 radical (unpaired) electrons. The number of rotatable bonds is 1. The number of nitro groups is 1. The summed E-state index contributed by atoms with van der Waals surface area (Å²) in [6, 6.07) is 2.85. The van der Waals surface area contributed by atoms with E-state index in [4.69, 9.17) is 0 Å². The van der Waals surface area contributed by atoms with Gasteiger partial charge < -0.3 is 0 Å². The van der Waals surface area contributed by atoms with Crippen molar-refractivity contribution < 1.29 is 4.92 Å². The molecule has 0 aliphatic heterocycles. The molecule has 1 rings (SSSR count). The van der Waals surface area contributed by atoms with Crippen LogP contribution in [-0.2, 0) is 0 Å². The zero-order valence-corrected chi connectivity index (χ0v) is 5.78.